The molecule has 1 atom stereocenters. The Morgan fingerprint density at radius 3 is 2.67 bits per heavy atom. The van der Waals surface area contributed by atoms with Crippen LogP contribution in [0.3, 0.4) is 0 Å². The van der Waals surface area contributed by atoms with E-state index in [2.05, 4.69) is 22.5 Å². The van der Waals surface area contributed by atoms with Crippen molar-refractivity contribution in [3.05, 3.63) is 0 Å². The molecular weight excluding hydrogens is 274 g/mol. The minimum atomic E-state index is -1.02. The van der Waals surface area contributed by atoms with Crippen molar-refractivity contribution >= 4 is 12.0 Å². The fourth-order valence-electron chi connectivity index (χ4n) is 2.25. The topological polar surface area (TPSA) is 90.9 Å². The first-order chi connectivity index (χ1) is 10.1. The summed E-state index contributed by atoms with van der Waals surface area (Å²) < 4.78 is 4.88. The van der Waals surface area contributed by atoms with Crippen LogP contribution in [0.15, 0.2) is 0 Å². The predicted octanol–water partition coefficient (Wildman–Crippen LogP) is 0.650. The number of nitrogens with one attached hydrogen (secondary N) is 2. The molecule has 0 heterocycles. The highest BCUT2D eigenvalue weighted by Gasteiger charge is 2.27. The molecule has 1 unspecified atom stereocenters. The van der Waals surface area contributed by atoms with E-state index < -0.39 is 18.0 Å². The van der Waals surface area contributed by atoms with Crippen LogP contribution in [0.4, 0.5) is 4.79 Å². The van der Waals surface area contributed by atoms with E-state index in [1.54, 1.807) is 7.11 Å². The molecule has 0 aliphatic heterocycles. The van der Waals surface area contributed by atoms with Crippen molar-refractivity contribution in [3.8, 4) is 0 Å². The third-order valence-corrected chi connectivity index (χ3v) is 3.60. The first-order valence-electron chi connectivity index (χ1n) is 7.58. The number of urea groups is 1. The standard InChI is InChI=1S/C14H27N3O4/c1-3-17(11-6-7-11)9-8-15-14(20)16-12(13(18)19)5-4-10-21-2/h11-12H,3-10H2,1-2H3,(H,18,19)(H2,15,16,20). The molecule has 1 aliphatic rings. The zero-order chi connectivity index (χ0) is 15.7. The highest BCUT2D eigenvalue weighted by molar-refractivity contribution is 5.82. The number of carboxylic acid groups (broad SMARTS) is 1. The molecule has 0 aromatic heterocycles. The number of carboxylic acids is 1. The van der Waals surface area contributed by atoms with E-state index in [0.717, 1.165) is 13.1 Å². The molecule has 0 bridgehead atoms. The zero-order valence-corrected chi connectivity index (χ0v) is 12.9. The lowest BCUT2D eigenvalue weighted by Gasteiger charge is -2.20. The first-order valence-corrected chi connectivity index (χ1v) is 7.58. The summed E-state index contributed by atoms with van der Waals surface area (Å²) in [4.78, 5) is 25.1. The molecule has 7 nitrogen and oxygen atoms in total. The maximum Gasteiger partial charge on any atom is 0.326 e. The van der Waals surface area contributed by atoms with Crippen LogP contribution in [0, 0.1) is 0 Å². The molecule has 0 aromatic carbocycles. The first kappa shape index (κ1) is 17.7. The van der Waals surface area contributed by atoms with Crippen molar-refractivity contribution in [1.29, 1.82) is 0 Å². The molecule has 0 aromatic rings. The molecule has 3 N–H and O–H groups in total. The summed E-state index contributed by atoms with van der Waals surface area (Å²) in [5, 5.41) is 14.3. The van der Waals surface area contributed by atoms with E-state index in [9.17, 15) is 9.59 Å². The van der Waals surface area contributed by atoms with E-state index in [0.29, 0.717) is 32.0 Å². The number of rotatable bonds is 11. The smallest absolute Gasteiger partial charge is 0.326 e. The number of nitrogens with zero attached hydrogens (tertiary/aromatic N) is 1. The molecule has 21 heavy (non-hydrogen) atoms. The van der Waals surface area contributed by atoms with E-state index in [4.69, 9.17) is 9.84 Å². The Bertz CT molecular complexity index is 334. The molecule has 0 saturated heterocycles. The number of hydrogen-bond acceptors (Lipinski definition) is 4. The van der Waals surface area contributed by atoms with Crippen LogP contribution in [0.2, 0.25) is 0 Å². The summed E-state index contributed by atoms with van der Waals surface area (Å²) in [6, 6.07) is -0.627. The molecule has 0 spiro atoms. The zero-order valence-electron chi connectivity index (χ0n) is 12.9. The molecule has 1 fully saturated rings. The molecule has 1 rings (SSSR count). The number of carbonyl (C=O) groups is 2. The number of methoxy groups -OCH3 is 1. The number of ether oxygens (including phenoxy) is 1. The van der Waals surface area contributed by atoms with Gasteiger partial charge in [0.2, 0.25) is 0 Å². The molecule has 1 saturated carbocycles. The molecule has 7 heteroatoms. The van der Waals surface area contributed by atoms with Crippen LogP contribution in [0.5, 0.6) is 0 Å². The molecule has 1 aliphatic carbocycles. The number of carbonyl (C=O) groups excluding carboxylic acids is 1. The fourth-order valence-corrected chi connectivity index (χ4v) is 2.25. The van der Waals surface area contributed by atoms with E-state index >= 15 is 0 Å². The van der Waals surface area contributed by atoms with Gasteiger partial charge in [-0.1, -0.05) is 6.92 Å². The maximum atomic E-state index is 11.7. The van der Waals surface area contributed by atoms with Gasteiger partial charge in [0, 0.05) is 32.8 Å². The lowest BCUT2D eigenvalue weighted by molar-refractivity contribution is -0.139. The van der Waals surface area contributed by atoms with Gasteiger partial charge in [0.05, 0.1) is 0 Å². The quantitative estimate of drug-likeness (QED) is 0.487. The fraction of sp³-hybridized carbons (Fsp3) is 0.857. The normalized spacial score (nSPS) is 15.8. The number of aliphatic carboxylic acids is 1. The summed E-state index contributed by atoms with van der Waals surface area (Å²) in [5.41, 5.74) is 0. The Kier molecular flexibility index (Phi) is 8.07. The van der Waals surface area contributed by atoms with Gasteiger partial charge in [-0.25, -0.2) is 9.59 Å². The van der Waals surface area contributed by atoms with Crippen LogP contribution in [0.25, 0.3) is 0 Å². The lowest BCUT2D eigenvalue weighted by atomic mass is 10.1. The number of likely N-dealkylation sites (N-methyl/N-ethyl adjacent to an activating group) is 1. The average Bonchev–Trinajstić information content (AvgIpc) is 3.27. The van der Waals surface area contributed by atoms with Gasteiger partial charge in [-0.15, -0.1) is 0 Å². The average molecular weight is 301 g/mol. The SMILES string of the molecule is CCN(CCNC(=O)NC(CCCOC)C(=O)O)C1CC1. The number of amides is 2. The Balaban J connectivity index is 2.21. The molecule has 122 valence electrons. The maximum absolute atomic E-state index is 11.7. The number of hydrogen-bond donors (Lipinski definition) is 3. The van der Waals surface area contributed by atoms with Gasteiger partial charge in [0.1, 0.15) is 6.04 Å². The van der Waals surface area contributed by atoms with Crippen molar-refractivity contribution in [3.63, 3.8) is 0 Å². The third-order valence-electron chi connectivity index (χ3n) is 3.60. The Morgan fingerprint density at radius 2 is 2.14 bits per heavy atom. The second-order valence-electron chi connectivity index (χ2n) is 5.29. The van der Waals surface area contributed by atoms with Gasteiger partial charge < -0.3 is 20.5 Å². The Morgan fingerprint density at radius 1 is 1.43 bits per heavy atom. The van der Waals surface area contributed by atoms with Gasteiger partial charge >= 0.3 is 12.0 Å². The van der Waals surface area contributed by atoms with Crippen LogP contribution >= 0.6 is 0 Å². The summed E-state index contributed by atoms with van der Waals surface area (Å²) in [5.74, 6) is -1.02. The lowest BCUT2D eigenvalue weighted by Crippen LogP contribution is -2.47. The van der Waals surface area contributed by atoms with E-state index in [1.165, 1.54) is 12.8 Å². The van der Waals surface area contributed by atoms with Gasteiger partial charge in [0.25, 0.3) is 0 Å². The largest absolute Gasteiger partial charge is 0.480 e. The second-order valence-corrected chi connectivity index (χ2v) is 5.29. The van der Waals surface area contributed by atoms with Crippen molar-refractivity contribution in [2.75, 3.05) is 33.4 Å². The van der Waals surface area contributed by atoms with Gasteiger partial charge in [0.15, 0.2) is 0 Å². The van der Waals surface area contributed by atoms with E-state index in [-0.39, 0.29) is 0 Å². The Hall–Kier alpha value is -1.34. The van der Waals surface area contributed by atoms with Crippen LogP contribution in [-0.2, 0) is 9.53 Å². The Labute approximate surface area is 126 Å². The second kappa shape index (κ2) is 9.57. The summed E-state index contributed by atoms with van der Waals surface area (Å²) in [7, 11) is 1.56. The molecule has 0 radical (unpaired) electrons. The minimum Gasteiger partial charge on any atom is -0.480 e. The van der Waals surface area contributed by atoms with Crippen molar-refractivity contribution in [2.45, 2.75) is 44.7 Å². The predicted molar refractivity (Wildman–Crippen MR) is 79.3 cm³/mol. The summed E-state index contributed by atoms with van der Waals surface area (Å²) in [6.07, 6.45) is 3.43. The van der Waals surface area contributed by atoms with Crippen molar-refractivity contribution in [1.82, 2.24) is 15.5 Å². The summed E-state index contributed by atoms with van der Waals surface area (Å²) in [6.45, 7) is 4.90. The monoisotopic (exact) mass is 301 g/mol. The van der Waals surface area contributed by atoms with Crippen LogP contribution < -0.4 is 10.6 Å². The highest BCUT2D eigenvalue weighted by atomic mass is 16.5. The van der Waals surface area contributed by atoms with Crippen molar-refractivity contribution in [2.24, 2.45) is 0 Å². The van der Waals surface area contributed by atoms with Crippen molar-refractivity contribution < 1.29 is 19.4 Å². The van der Waals surface area contributed by atoms with Crippen LogP contribution in [0.1, 0.15) is 32.6 Å². The van der Waals surface area contributed by atoms with Gasteiger partial charge in [-0.3, -0.25) is 4.90 Å². The minimum absolute atomic E-state index is 0.361. The van der Waals surface area contributed by atoms with Crippen LogP contribution in [-0.4, -0.2) is 67.4 Å². The van der Waals surface area contributed by atoms with Gasteiger partial charge in [-0.05, 0) is 32.2 Å². The highest BCUT2D eigenvalue weighted by Crippen LogP contribution is 2.25. The summed E-state index contributed by atoms with van der Waals surface area (Å²) >= 11 is 0. The molecular formula is C14H27N3O4. The molecule has 2 amide bonds. The third kappa shape index (κ3) is 7.29. The van der Waals surface area contributed by atoms with E-state index in [1.807, 2.05) is 0 Å². The van der Waals surface area contributed by atoms with Gasteiger partial charge in [-0.2, -0.15) is 0 Å².